The molecule has 126 valence electrons. The number of ether oxygens (including phenoxy) is 1. The van der Waals surface area contributed by atoms with Crippen molar-refractivity contribution in [1.82, 2.24) is 14.9 Å². The van der Waals surface area contributed by atoms with Crippen LogP contribution in [-0.2, 0) is 11.3 Å². The summed E-state index contributed by atoms with van der Waals surface area (Å²) in [5.74, 6) is 1.08. The highest BCUT2D eigenvalue weighted by molar-refractivity contribution is 5.40. The number of pyridine rings is 2. The van der Waals surface area contributed by atoms with Gasteiger partial charge >= 0.3 is 0 Å². The minimum Gasteiger partial charge on any atom is -0.379 e. The van der Waals surface area contributed by atoms with Gasteiger partial charge in [0.2, 0.25) is 0 Å². The summed E-state index contributed by atoms with van der Waals surface area (Å²) in [6, 6.07) is 10.3. The Morgan fingerprint density at radius 1 is 1.04 bits per heavy atom. The van der Waals surface area contributed by atoms with Crippen LogP contribution in [0.25, 0.3) is 0 Å². The summed E-state index contributed by atoms with van der Waals surface area (Å²) in [6.07, 6.45) is 6.78. The molecule has 4 heterocycles. The van der Waals surface area contributed by atoms with Crippen molar-refractivity contribution in [3.05, 3.63) is 54.5 Å². The zero-order chi connectivity index (χ0) is 16.2. The lowest BCUT2D eigenvalue weighted by atomic mass is 9.87. The summed E-state index contributed by atoms with van der Waals surface area (Å²) in [7, 11) is 0. The van der Waals surface area contributed by atoms with Crippen LogP contribution in [0.4, 0.5) is 5.82 Å². The van der Waals surface area contributed by atoms with Gasteiger partial charge < -0.3 is 9.64 Å². The van der Waals surface area contributed by atoms with Gasteiger partial charge in [0.15, 0.2) is 0 Å². The van der Waals surface area contributed by atoms with Crippen molar-refractivity contribution >= 4 is 5.82 Å². The molecule has 1 atom stereocenters. The summed E-state index contributed by atoms with van der Waals surface area (Å²) in [4.78, 5) is 13.6. The summed E-state index contributed by atoms with van der Waals surface area (Å²) in [5.41, 5.74) is 1.53. The van der Waals surface area contributed by atoms with Crippen LogP contribution in [0.15, 0.2) is 48.9 Å². The van der Waals surface area contributed by atoms with E-state index in [9.17, 15) is 0 Å². The van der Waals surface area contributed by atoms with Crippen LogP contribution >= 0.6 is 0 Å². The summed E-state index contributed by atoms with van der Waals surface area (Å²) in [5, 5.41) is 0. The quantitative estimate of drug-likeness (QED) is 0.866. The van der Waals surface area contributed by atoms with Crippen molar-refractivity contribution in [2.75, 3.05) is 44.3 Å². The number of aromatic nitrogens is 2. The van der Waals surface area contributed by atoms with Gasteiger partial charge in [-0.05, 0) is 36.2 Å². The third kappa shape index (κ3) is 3.42. The molecule has 0 unspecified atom stereocenters. The van der Waals surface area contributed by atoms with E-state index in [1.54, 1.807) is 0 Å². The molecule has 0 saturated carbocycles. The minimum absolute atomic E-state index is 0.209. The molecule has 2 aromatic rings. The fourth-order valence-corrected chi connectivity index (χ4v) is 3.88. The second kappa shape index (κ2) is 6.87. The zero-order valence-electron chi connectivity index (χ0n) is 14.0. The first kappa shape index (κ1) is 15.5. The summed E-state index contributed by atoms with van der Waals surface area (Å²) < 4.78 is 5.98. The van der Waals surface area contributed by atoms with Crippen LogP contribution < -0.4 is 4.90 Å². The topological polar surface area (TPSA) is 41.5 Å². The van der Waals surface area contributed by atoms with Gasteiger partial charge in [-0.2, -0.15) is 0 Å². The van der Waals surface area contributed by atoms with Gasteiger partial charge in [0.25, 0.3) is 0 Å². The van der Waals surface area contributed by atoms with E-state index in [1.807, 2.05) is 24.7 Å². The Morgan fingerprint density at radius 3 is 2.79 bits per heavy atom. The molecular weight excluding hydrogens is 300 g/mol. The smallest absolute Gasteiger partial charge is 0.128 e. The molecule has 24 heavy (non-hydrogen) atoms. The van der Waals surface area contributed by atoms with Crippen molar-refractivity contribution < 1.29 is 4.74 Å². The normalized spacial score (nSPS) is 25.1. The SMILES string of the molecule is c1ccc(N2CC[C@]3(COCCN(Cc4ccncc4)C3)C2)nc1. The van der Waals surface area contributed by atoms with E-state index in [2.05, 4.69) is 44.0 Å². The maximum atomic E-state index is 5.98. The van der Waals surface area contributed by atoms with Gasteiger partial charge in [-0.15, -0.1) is 0 Å². The first-order valence-electron chi connectivity index (χ1n) is 8.68. The van der Waals surface area contributed by atoms with E-state index in [1.165, 1.54) is 5.56 Å². The molecule has 1 spiro atoms. The Labute approximate surface area is 143 Å². The summed E-state index contributed by atoms with van der Waals surface area (Å²) >= 11 is 0. The Balaban J connectivity index is 1.46. The Hall–Kier alpha value is -1.98. The number of nitrogens with zero attached hydrogens (tertiary/aromatic N) is 4. The first-order chi connectivity index (χ1) is 11.8. The fraction of sp³-hybridized carbons (Fsp3) is 0.474. The molecule has 5 nitrogen and oxygen atoms in total. The standard InChI is InChI=1S/C19H24N4O/c1-2-7-21-18(3-1)23-10-6-19(15-23)14-22(11-12-24-16-19)13-17-4-8-20-9-5-17/h1-5,7-9H,6,10-16H2/t19-/m1/s1. The van der Waals surface area contributed by atoms with Gasteiger partial charge in [-0.1, -0.05) is 6.07 Å². The van der Waals surface area contributed by atoms with Gasteiger partial charge in [0.05, 0.1) is 13.2 Å². The van der Waals surface area contributed by atoms with Crippen molar-refractivity contribution in [1.29, 1.82) is 0 Å². The molecule has 0 aromatic carbocycles. The lowest BCUT2D eigenvalue weighted by Gasteiger charge is -2.32. The maximum Gasteiger partial charge on any atom is 0.128 e. The molecular formula is C19H24N4O. The molecule has 0 radical (unpaired) electrons. The molecule has 5 heteroatoms. The molecule has 2 saturated heterocycles. The fourth-order valence-electron chi connectivity index (χ4n) is 3.88. The highest BCUT2D eigenvalue weighted by Crippen LogP contribution is 2.35. The average molecular weight is 324 g/mol. The lowest BCUT2D eigenvalue weighted by Crippen LogP contribution is -2.40. The number of rotatable bonds is 3. The van der Waals surface area contributed by atoms with Crippen molar-refractivity contribution in [3.8, 4) is 0 Å². The van der Waals surface area contributed by atoms with Crippen LogP contribution in [0.5, 0.6) is 0 Å². The number of anilines is 1. The van der Waals surface area contributed by atoms with Gasteiger partial charge in [0, 0.05) is 56.7 Å². The molecule has 0 N–H and O–H groups in total. The second-order valence-electron chi connectivity index (χ2n) is 6.98. The van der Waals surface area contributed by atoms with Gasteiger partial charge in [0.1, 0.15) is 5.82 Å². The van der Waals surface area contributed by atoms with Crippen LogP contribution in [0.2, 0.25) is 0 Å². The molecule has 2 aliphatic heterocycles. The number of hydrogen-bond donors (Lipinski definition) is 0. The molecule has 2 fully saturated rings. The van der Waals surface area contributed by atoms with Crippen molar-refractivity contribution in [2.45, 2.75) is 13.0 Å². The Bertz CT molecular complexity index is 651. The predicted octanol–water partition coefficient (Wildman–Crippen LogP) is 2.21. The van der Waals surface area contributed by atoms with E-state index in [0.717, 1.165) is 58.2 Å². The van der Waals surface area contributed by atoms with E-state index in [0.29, 0.717) is 0 Å². The Morgan fingerprint density at radius 2 is 1.96 bits per heavy atom. The largest absolute Gasteiger partial charge is 0.379 e. The lowest BCUT2D eigenvalue weighted by molar-refractivity contribution is 0.0798. The van der Waals surface area contributed by atoms with E-state index in [4.69, 9.17) is 4.74 Å². The van der Waals surface area contributed by atoms with Gasteiger partial charge in [-0.25, -0.2) is 4.98 Å². The Kier molecular flexibility index (Phi) is 4.45. The van der Waals surface area contributed by atoms with Crippen LogP contribution in [-0.4, -0.2) is 54.3 Å². The molecule has 4 rings (SSSR count). The van der Waals surface area contributed by atoms with Crippen LogP contribution in [0, 0.1) is 5.41 Å². The molecule has 0 aliphatic carbocycles. The minimum atomic E-state index is 0.209. The highest BCUT2D eigenvalue weighted by atomic mass is 16.5. The van der Waals surface area contributed by atoms with E-state index in [-0.39, 0.29) is 5.41 Å². The van der Waals surface area contributed by atoms with Crippen LogP contribution in [0.3, 0.4) is 0 Å². The van der Waals surface area contributed by atoms with Crippen molar-refractivity contribution in [2.24, 2.45) is 5.41 Å². The van der Waals surface area contributed by atoms with E-state index >= 15 is 0 Å². The molecule has 2 aliphatic rings. The number of hydrogen-bond acceptors (Lipinski definition) is 5. The van der Waals surface area contributed by atoms with Crippen molar-refractivity contribution in [3.63, 3.8) is 0 Å². The zero-order valence-corrected chi connectivity index (χ0v) is 14.0. The monoisotopic (exact) mass is 324 g/mol. The van der Waals surface area contributed by atoms with E-state index < -0.39 is 0 Å². The average Bonchev–Trinajstić information content (AvgIpc) is 2.94. The first-order valence-corrected chi connectivity index (χ1v) is 8.68. The van der Waals surface area contributed by atoms with Crippen LogP contribution in [0.1, 0.15) is 12.0 Å². The molecule has 0 bridgehead atoms. The second-order valence-corrected chi connectivity index (χ2v) is 6.98. The molecule has 0 amide bonds. The molecule has 2 aromatic heterocycles. The summed E-state index contributed by atoms with van der Waals surface area (Å²) in [6.45, 7) is 6.80. The maximum absolute atomic E-state index is 5.98. The van der Waals surface area contributed by atoms with Gasteiger partial charge in [-0.3, -0.25) is 9.88 Å². The third-order valence-corrected chi connectivity index (χ3v) is 5.09. The third-order valence-electron chi connectivity index (χ3n) is 5.09. The highest BCUT2D eigenvalue weighted by Gasteiger charge is 2.41. The predicted molar refractivity (Wildman–Crippen MR) is 93.8 cm³/mol.